The maximum atomic E-state index is 13.0. The highest BCUT2D eigenvalue weighted by molar-refractivity contribution is 7.15. The zero-order valence-electron chi connectivity index (χ0n) is 15.9. The average Bonchev–Trinajstić information content (AvgIpc) is 3.15. The topological polar surface area (TPSA) is 59.8 Å². The molecule has 1 N–H and O–H groups in total. The van der Waals surface area contributed by atoms with Crippen LogP contribution in [0.1, 0.15) is 54.7 Å². The van der Waals surface area contributed by atoms with Crippen molar-refractivity contribution in [1.82, 2.24) is 14.8 Å². The summed E-state index contributed by atoms with van der Waals surface area (Å²) in [5.41, 5.74) is 2.85. The van der Waals surface area contributed by atoms with Crippen molar-refractivity contribution in [2.75, 3.05) is 5.32 Å². The third kappa shape index (κ3) is 3.80. The molecule has 0 saturated carbocycles. The molecule has 0 saturated heterocycles. The number of aryl methyl sites for hydroxylation is 2. The first-order valence-electron chi connectivity index (χ1n) is 9.22. The number of carbonyl (C=O) groups excluding carboxylic acids is 1. The monoisotopic (exact) mass is 370 g/mol. The van der Waals surface area contributed by atoms with Crippen LogP contribution in [0.25, 0.3) is 10.9 Å². The second kappa shape index (κ2) is 7.99. The number of carbonyl (C=O) groups is 1. The van der Waals surface area contributed by atoms with Gasteiger partial charge >= 0.3 is 0 Å². The van der Waals surface area contributed by atoms with Gasteiger partial charge < -0.3 is 4.57 Å². The fraction of sp³-hybridized carbons (Fsp3) is 0.450. The first kappa shape index (κ1) is 18.6. The molecule has 26 heavy (non-hydrogen) atoms. The average molecular weight is 371 g/mol. The summed E-state index contributed by atoms with van der Waals surface area (Å²) in [6.07, 6.45) is 3.00. The number of unbranched alkanes of at least 4 members (excludes halogenated alkanes) is 1. The Labute approximate surface area is 158 Å². The molecule has 0 aliphatic carbocycles. The smallest absolute Gasteiger partial charge is 0.274 e. The molecule has 2 heterocycles. The number of fused-ring (bicyclic) bond motifs is 1. The van der Waals surface area contributed by atoms with E-state index in [0.29, 0.717) is 11.0 Å². The minimum Gasteiger partial charge on any atom is -0.336 e. The Bertz CT molecular complexity index is 910. The van der Waals surface area contributed by atoms with Gasteiger partial charge in [-0.05, 0) is 30.9 Å². The van der Waals surface area contributed by atoms with Crippen molar-refractivity contribution < 1.29 is 4.79 Å². The first-order valence-corrected chi connectivity index (χ1v) is 10.0. The second-order valence-corrected chi connectivity index (χ2v) is 8.11. The van der Waals surface area contributed by atoms with Gasteiger partial charge in [-0.15, -0.1) is 10.2 Å². The van der Waals surface area contributed by atoms with Crippen LogP contribution in [0.5, 0.6) is 0 Å². The molecule has 0 unspecified atom stereocenters. The number of anilines is 1. The van der Waals surface area contributed by atoms with Crippen LogP contribution in [0.4, 0.5) is 5.13 Å². The third-order valence-corrected chi connectivity index (χ3v) is 5.31. The number of amides is 1. The van der Waals surface area contributed by atoms with Gasteiger partial charge in [0.25, 0.3) is 5.91 Å². The summed E-state index contributed by atoms with van der Waals surface area (Å²) in [7, 11) is 0. The van der Waals surface area contributed by atoms with Crippen LogP contribution in [0.2, 0.25) is 0 Å². The summed E-state index contributed by atoms with van der Waals surface area (Å²) in [6, 6.07) is 8.20. The molecule has 2 aromatic heterocycles. The van der Waals surface area contributed by atoms with Crippen LogP contribution >= 0.6 is 11.3 Å². The normalized spacial score (nSPS) is 11.4. The molecule has 1 aromatic carbocycles. The van der Waals surface area contributed by atoms with Crippen molar-refractivity contribution >= 4 is 33.3 Å². The van der Waals surface area contributed by atoms with Gasteiger partial charge in [0.05, 0.1) is 0 Å². The quantitative estimate of drug-likeness (QED) is 0.633. The number of aromatic nitrogens is 3. The van der Waals surface area contributed by atoms with Crippen molar-refractivity contribution in [1.29, 1.82) is 0 Å². The van der Waals surface area contributed by atoms with E-state index < -0.39 is 0 Å². The third-order valence-electron chi connectivity index (χ3n) is 4.44. The van der Waals surface area contributed by atoms with E-state index >= 15 is 0 Å². The van der Waals surface area contributed by atoms with Crippen molar-refractivity contribution in [3.05, 3.63) is 40.5 Å². The number of nitrogens with one attached hydrogen (secondary N) is 1. The Kier molecular flexibility index (Phi) is 5.71. The lowest BCUT2D eigenvalue weighted by atomic mass is 10.1. The summed E-state index contributed by atoms with van der Waals surface area (Å²) < 4.78 is 2.14. The van der Waals surface area contributed by atoms with Gasteiger partial charge in [-0.25, -0.2) is 0 Å². The van der Waals surface area contributed by atoms with Crippen molar-refractivity contribution in [2.24, 2.45) is 5.92 Å². The highest BCUT2D eigenvalue weighted by atomic mass is 32.1. The van der Waals surface area contributed by atoms with E-state index in [1.54, 1.807) is 0 Å². The zero-order valence-corrected chi connectivity index (χ0v) is 16.7. The Balaban J connectivity index is 1.92. The molecular formula is C20H26N4OS. The van der Waals surface area contributed by atoms with Gasteiger partial charge in [0.2, 0.25) is 5.13 Å². The summed E-state index contributed by atoms with van der Waals surface area (Å²) in [6.45, 7) is 9.31. The first-order chi connectivity index (χ1) is 12.5. The van der Waals surface area contributed by atoms with Gasteiger partial charge in [0.15, 0.2) is 0 Å². The van der Waals surface area contributed by atoms with Crippen LogP contribution in [-0.4, -0.2) is 20.7 Å². The van der Waals surface area contributed by atoms with Crippen molar-refractivity contribution in [3.8, 4) is 0 Å². The van der Waals surface area contributed by atoms with E-state index in [9.17, 15) is 4.79 Å². The van der Waals surface area contributed by atoms with Crippen LogP contribution < -0.4 is 5.32 Å². The van der Waals surface area contributed by atoms with Gasteiger partial charge in [-0.2, -0.15) is 0 Å². The molecule has 0 spiro atoms. The fourth-order valence-electron chi connectivity index (χ4n) is 3.21. The van der Waals surface area contributed by atoms with Crippen molar-refractivity contribution in [3.63, 3.8) is 0 Å². The summed E-state index contributed by atoms with van der Waals surface area (Å²) in [5, 5.41) is 13.9. The molecule has 3 aromatic rings. The minimum atomic E-state index is -0.109. The van der Waals surface area contributed by atoms with Crippen molar-refractivity contribution in [2.45, 2.75) is 53.5 Å². The van der Waals surface area contributed by atoms with Crippen LogP contribution in [0.15, 0.2) is 24.3 Å². The van der Waals surface area contributed by atoms with E-state index in [4.69, 9.17) is 0 Å². The molecule has 138 valence electrons. The highest BCUT2D eigenvalue weighted by Gasteiger charge is 2.21. The lowest BCUT2D eigenvalue weighted by Crippen LogP contribution is -2.18. The number of nitrogens with zero attached hydrogens (tertiary/aromatic N) is 3. The summed E-state index contributed by atoms with van der Waals surface area (Å²) >= 11 is 1.46. The van der Waals surface area contributed by atoms with Gasteiger partial charge in [-0.3, -0.25) is 10.1 Å². The lowest BCUT2D eigenvalue weighted by molar-refractivity contribution is 0.101. The molecule has 0 fully saturated rings. The van der Waals surface area contributed by atoms with Gasteiger partial charge in [0, 0.05) is 23.9 Å². The van der Waals surface area contributed by atoms with Gasteiger partial charge in [-0.1, -0.05) is 56.7 Å². The van der Waals surface area contributed by atoms with E-state index in [0.717, 1.165) is 53.0 Å². The minimum absolute atomic E-state index is 0.109. The summed E-state index contributed by atoms with van der Waals surface area (Å²) in [4.78, 5) is 13.0. The Morgan fingerprint density at radius 1 is 1.27 bits per heavy atom. The SMILES string of the molecule is CCCCn1c(C(=O)Nc2nnc(CC(C)C)s2)c(C)c2ccccc21. The largest absolute Gasteiger partial charge is 0.336 e. The Morgan fingerprint density at radius 3 is 2.77 bits per heavy atom. The predicted octanol–water partition coefficient (Wildman–Crippen LogP) is 5.05. The molecule has 0 aliphatic heterocycles. The van der Waals surface area contributed by atoms with Crippen LogP contribution in [-0.2, 0) is 13.0 Å². The number of hydrogen-bond acceptors (Lipinski definition) is 4. The molecule has 1 amide bonds. The Morgan fingerprint density at radius 2 is 2.04 bits per heavy atom. The number of benzene rings is 1. The molecule has 6 heteroatoms. The molecule has 0 aliphatic rings. The van der Waals surface area contributed by atoms with Crippen LogP contribution in [0.3, 0.4) is 0 Å². The molecule has 5 nitrogen and oxygen atoms in total. The molecule has 0 radical (unpaired) electrons. The maximum absolute atomic E-state index is 13.0. The molecule has 3 rings (SSSR count). The number of para-hydroxylation sites is 1. The summed E-state index contributed by atoms with van der Waals surface area (Å²) in [5.74, 6) is 0.410. The van der Waals surface area contributed by atoms with E-state index in [-0.39, 0.29) is 5.91 Å². The van der Waals surface area contributed by atoms with Crippen LogP contribution in [0, 0.1) is 12.8 Å². The van der Waals surface area contributed by atoms with E-state index in [1.165, 1.54) is 11.3 Å². The molecular weight excluding hydrogens is 344 g/mol. The second-order valence-electron chi connectivity index (χ2n) is 7.05. The lowest BCUT2D eigenvalue weighted by Gasteiger charge is -2.10. The van der Waals surface area contributed by atoms with E-state index in [2.05, 4.69) is 53.0 Å². The fourth-order valence-corrected chi connectivity index (χ4v) is 4.16. The Hall–Kier alpha value is -2.21. The highest BCUT2D eigenvalue weighted by Crippen LogP contribution is 2.27. The van der Waals surface area contributed by atoms with E-state index in [1.807, 2.05) is 19.1 Å². The number of hydrogen-bond donors (Lipinski definition) is 1. The predicted molar refractivity (Wildman–Crippen MR) is 108 cm³/mol. The standard InChI is InChI=1S/C20H26N4OS/c1-5-6-11-24-16-10-8-7-9-15(16)14(4)18(24)19(25)21-20-23-22-17(26-20)12-13(2)3/h7-10,13H,5-6,11-12H2,1-4H3,(H,21,23,25). The maximum Gasteiger partial charge on any atom is 0.274 e. The van der Waals surface area contributed by atoms with Gasteiger partial charge in [0.1, 0.15) is 10.7 Å². The number of rotatable bonds is 7. The molecule has 0 atom stereocenters. The molecule has 0 bridgehead atoms. The zero-order chi connectivity index (χ0) is 18.7.